The lowest BCUT2D eigenvalue weighted by Gasteiger charge is -2.13. The Labute approximate surface area is 99.0 Å². The van der Waals surface area contributed by atoms with E-state index in [1.54, 1.807) is 11.9 Å². The van der Waals surface area contributed by atoms with Crippen LogP contribution in [0, 0.1) is 11.6 Å². The minimum atomic E-state index is -0.582. The fourth-order valence-corrected chi connectivity index (χ4v) is 1.45. The van der Waals surface area contributed by atoms with Crippen molar-refractivity contribution in [1.82, 2.24) is 4.90 Å². The summed E-state index contributed by atoms with van der Waals surface area (Å²) in [7, 11) is 3.03. The molecule has 0 aliphatic carbocycles. The van der Waals surface area contributed by atoms with E-state index in [2.05, 4.69) is 4.74 Å². The Morgan fingerprint density at radius 2 is 2.06 bits per heavy atom. The maximum atomic E-state index is 13.5. The lowest BCUT2D eigenvalue weighted by atomic mass is 10.1. The van der Waals surface area contributed by atoms with Crippen LogP contribution in [0.2, 0.25) is 0 Å². The van der Waals surface area contributed by atoms with Crippen LogP contribution in [0.15, 0.2) is 12.1 Å². The van der Waals surface area contributed by atoms with Crippen LogP contribution in [0.5, 0.6) is 5.75 Å². The van der Waals surface area contributed by atoms with Gasteiger partial charge in [-0.25, -0.2) is 8.78 Å². The first-order chi connectivity index (χ1) is 8.08. The van der Waals surface area contributed by atoms with Gasteiger partial charge in [-0.3, -0.25) is 4.90 Å². The van der Waals surface area contributed by atoms with Crippen molar-refractivity contribution in [1.29, 1.82) is 0 Å². The van der Waals surface area contributed by atoms with Gasteiger partial charge < -0.3 is 9.53 Å². The summed E-state index contributed by atoms with van der Waals surface area (Å²) in [6, 6.07) is 2.16. The number of rotatable bonds is 6. The molecule has 1 rings (SSSR count). The zero-order valence-corrected chi connectivity index (χ0v) is 9.87. The lowest BCUT2D eigenvalue weighted by molar-refractivity contribution is -0.108. The van der Waals surface area contributed by atoms with Gasteiger partial charge in [0.15, 0.2) is 11.6 Å². The molecule has 1 aromatic rings. The molecule has 0 amide bonds. The van der Waals surface area contributed by atoms with Crippen molar-refractivity contribution in [3.63, 3.8) is 0 Å². The summed E-state index contributed by atoms with van der Waals surface area (Å²) in [6.07, 6.45) is 1.11. The van der Waals surface area contributed by atoms with E-state index in [1.165, 1.54) is 7.11 Å². The van der Waals surface area contributed by atoms with Gasteiger partial charge in [-0.2, -0.15) is 0 Å². The highest BCUT2D eigenvalue weighted by Gasteiger charge is 2.10. The zero-order chi connectivity index (χ0) is 12.8. The predicted octanol–water partition coefficient (Wildman–Crippen LogP) is 1.65. The first-order valence-electron chi connectivity index (χ1n) is 5.22. The number of nitrogens with zero attached hydrogens (tertiary/aromatic N) is 1. The molecular weight excluding hydrogens is 228 g/mol. The Morgan fingerprint density at radius 3 is 2.65 bits per heavy atom. The molecule has 0 saturated carbocycles. The molecule has 0 radical (unpaired) electrons. The molecule has 0 aliphatic rings. The SMILES string of the molecule is COc1cc(F)c(CCN(C)CC=O)cc1F. The van der Waals surface area contributed by atoms with Gasteiger partial charge in [0, 0.05) is 12.6 Å². The van der Waals surface area contributed by atoms with Crippen molar-refractivity contribution in [2.24, 2.45) is 0 Å². The quantitative estimate of drug-likeness (QED) is 0.711. The second-order valence-electron chi connectivity index (χ2n) is 3.76. The average molecular weight is 243 g/mol. The highest BCUT2D eigenvalue weighted by molar-refractivity contribution is 5.51. The van der Waals surface area contributed by atoms with Crippen LogP contribution in [0.25, 0.3) is 0 Å². The number of benzene rings is 1. The molecule has 0 aromatic heterocycles. The monoisotopic (exact) mass is 243 g/mol. The van der Waals surface area contributed by atoms with Crippen molar-refractivity contribution in [2.45, 2.75) is 6.42 Å². The van der Waals surface area contributed by atoms with Gasteiger partial charge in [-0.05, 0) is 25.1 Å². The van der Waals surface area contributed by atoms with E-state index in [0.29, 0.717) is 13.0 Å². The van der Waals surface area contributed by atoms with E-state index in [4.69, 9.17) is 0 Å². The average Bonchev–Trinajstić information content (AvgIpc) is 2.30. The Kier molecular flexibility index (Phi) is 5.03. The molecule has 1 aromatic carbocycles. The van der Waals surface area contributed by atoms with Crippen molar-refractivity contribution in [2.75, 3.05) is 27.2 Å². The third-order valence-electron chi connectivity index (χ3n) is 2.47. The second-order valence-corrected chi connectivity index (χ2v) is 3.76. The molecule has 0 N–H and O–H groups in total. The van der Waals surface area contributed by atoms with Crippen LogP contribution in [-0.4, -0.2) is 38.4 Å². The summed E-state index contributed by atoms with van der Waals surface area (Å²) in [4.78, 5) is 12.0. The third kappa shape index (κ3) is 3.78. The fourth-order valence-electron chi connectivity index (χ4n) is 1.45. The topological polar surface area (TPSA) is 29.5 Å². The molecule has 0 unspecified atom stereocenters. The molecular formula is C12H15F2NO2. The number of hydrogen-bond donors (Lipinski definition) is 0. The predicted molar refractivity (Wildman–Crippen MR) is 60.2 cm³/mol. The molecule has 0 fully saturated rings. The van der Waals surface area contributed by atoms with Gasteiger partial charge in [0.05, 0.1) is 13.7 Å². The summed E-state index contributed by atoms with van der Waals surface area (Å²) >= 11 is 0. The number of hydrogen-bond acceptors (Lipinski definition) is 3. The van der Waals surface area contributed by atoms with Crippen LogP contribution < -0.4 is 4.74 Å². The van der Waals surface area contributed by atoms with E-state index in [9.17, 15) is 13.6 Å². The number of aldehydes is 1. The fraction of sp³-hybridized carbons (Fsp3) is 0.417. The Balaban J connectivity index is 2.71. The molecule has 0 aliphatic heterocycles. The number of likely N-dealkylation sites (N-methyl/N-ethyl adjacent to an activating group) is 1. The standard InChI is InChI=1S/C12H15F2NO2/c1-15(5-6-16)4-3-9-7-11(14)12(17-2)8-10(9)13/h6-8H,3-5H2,1-2H3. The molecule has 0 saturated heterocycles. The molecule has 0 heterocycles. The van der Waals surface area contributed by atoms with Crippen LogP contribution in [0.1, 0.15) is 5.56 Å². The van der Waals surface area contributed by atoms with Crippen LogP contribution in [-0.2, 0) is 11.2 Å². The van der Waals surface area contributed by atoms with Crippen molar-refractivity contribution >= 4 is 6.29 Å². The first kappa shape index (κ1) is 13.6. The van der Waals surface area contributed by atoms with Gasteiger partial charge in [0.1, 0.15) is 12.1 Å². The van der Waals surface area contributed by atoms with Gasteiger partial charge in [0.25, 0.3) is 0 Å². The van der Waals surface area contributed by atoms with Gasteiger partial charge in [-0.15, -0.1) is 0 Å². The molecule has 0 bridgehead atoms. The van der Waals surface area contributed by atoms with E-state index in [-0.39, 0.29) is 17.9 Å². The molecule has 17 heavy (non-hydrogen) atoms. The maximum Gasteiger partial charge on any atom is 0.165 e. The summed E-state index contributed by atoms with van der Waals surface area (Å²) in [5, 5.41) is 0. The molecule has 3 nitrogen and oxygen atoms in total. The van der Waals surface area contributed by atoms with E-state index in [0.717, 1.165) is 18.4 Å². The van der Waals surface area contributed by atoms with Crippen molar-refractivity contribution < 1.29 is 18.3 Å². The van der Waals surface area contributed by atoms with Crippen molar-refractivity contribution in [3.8, 4) is 5.75 Å². The smallest absolute Gasteiger partial charge is 0.165 e. The number of carbonyl (C=O) groups is 1. The number of halogens is 2. The van der Waals surface area contributed by atoms with E-state index >= 15 is 0 Å². The molecule has 0 atom stereocenters. The van der Waals surface area contributed by atoms with Crippen LogP contribution >= 0.6 is 0 Å². The largest absolute Gasteiger partial charge is 0.494 e. The van der Waals surface area contributed by atoms with Gasteiger partial charge >= 0.3 is 0 Å². The summed E-state index contributed by atoms with van der Waals surface area (Å²) in [5.41, 5.74) is 0.279. The minimum absolute atomic E-state index is 0.104. The lowest BCUT2D eigenvalue weighted by Crippen LogP contribution is -2.23. The summed E-state index contributed by atoms with van der Waals surface area (Å²) in [5.74, 6) is -1.18. The second kappa shape index (κ2) is 6.30. The van der Waals surface area contributed by atoms with Gasteiger partial charge in [0.2, 0.25) is 0 Å². The first-order valence-corrected chi connectivity index (χ1v) is 5.22. The Bertz CT molecular complexity index is 396. The number of carbonyl (C=O) groups excluding carboxylic acids is 1. The minimum Gasteiger partial charge on any atom is -0.494 e. The van der Waals surface area contributed by atoms with E-state index < -0.39 is 11.6 Å². The molecule has 0 spiro atoms. The Morgan fingerprint density at radius 1 is 1.35 bits per heavy atom. The zero-order valence-electron chi connectivity index (χ0n) is 9.87. The number of methoxy groups -OCH3 is 1. The normalized spacial score (nSPS) is 10.6. The summed E-state index contributed by atoms with van der Waals surface area (Å²) in [6.45, 7) is 0.766. The summed E-state index contributed by atoms with van der Waals surface area (Å²) < 4.78 is 31.5. The highest BCUT2D eigenvalue weighted by Crippen LogP contribution is 2.21. The molecule has 94 valence electrons. The van der Waals surface area contributed by atoms with E-state index in [1.807, 2.05) is 0 Å². The van der Waals surface area contributed by atoms with Crippen LogP contribution in [0.3, 0.4) is 0 Å². The maximum absolute atomic E-state index is 13.5. The van der Waals surface area contributed by atoms with Gasteiger partial charge in [-0.1, -0.05) is 0 Å². The molecule has 5 heteroatoms. The third-order valence-corrected chi connectivity index (χ3v) is 2.47. The number of ether oxygens (including phenoxy) is 1. The van der Waals surface area contributed by atoms with Crippen molar-refractivity contribution in [3.05, 3.63) is 29.3 Å². The van der Waals surface area contributed by atoms with Crippen LogP contribution in [0.4, 0.5) is 8.78 Å². The Hall–Kier alpha value is -1.49. The highest BCUT2D eigenvalue weighted by atomic mass is 19.1.